The number of likely N-dealkylation sites (tertiary alicyclic amines) is 1. The van der Waals surface area contributed by atoms with Crippen LogP contribution in [-0.4, -0.2) is 43.9 Å². The van der Waals surface area contributed by atoms with E-state index in [2.05, 4.69) is 9.97 Å². The summed E-state index contributed by atoms with van der Waals surface area (Å²) in [5.74, 6) is -0.851. The van der Waals surface area contributed by atoms with E-state index in [1.807, 2.05) is 0 Å². The first-order chi connectivity index (χ1) is 9.68. The molecule has 6 heteroatoms. The van der Waals surface area contributed by atoms with Crippen LogP contribution in [0.15, 0.2) is 18.7 Å². The third-order valence-electron chi connectivity index (χ3n) is 4.42. The van der Waals surface area contributed by atoms with Crippen molar-refractivity contribution in [1.82, 2.24) is 14.9 Å². The van der Waals surface area contributed by atoms with Crippen molar-refractivity contribution in [2.45, 2.75) is 44.2 Å². The van der Waals surface area contributed by atoms with E-state index in [0.29, 0.717) is 17.9 Å². The molecule has 0 aromatic carbocycles. The van der Waals surface area contributed by atoms with Crippen molar-refractivity contribution < 1.29 is 14.7 Å². The number of hydrogen-bond donors (Lipinski definition) is 1. The lowest BCUT2D eigenvalue weighted by Crippen LogP contribution is -2.46. The van der Waals surface area contributed by atoms with Crippen LogP contribution in [0.2, 0.25) is 0 Å². The number of carbonyl (C=O) groups excluding carboxylic acids is 1. The summed E-state index contributed by atoms with van der Waals surface area (Å²) in [6.45, 7) is 0. The Balaban J connectivity index is 1.91. The number of amides is 1. The van der Waals surface area contributed by atoms with E-state index < -0.39 is 12.0 Å². The summed E-state index contributed by atoms with van der Waals surface area (Å²) >= 11 is 0. The van der Waals surface area contributed by atoms with Gasteiger partial charge in [0.2, 0.25) is 0 Å². The molecular weight excluding hydrogens is 258 g/mol. The van der Waals surface area contributed by atoms with E-state index in [1.54, 1.807) is 4.90 Å². The number of carbonyl (C=O) groups is 2. The van der Waals surface area contributed by atoms with E-state index >= 15 is 0 Å². The highest BCUT2D eigenvalue weighted by Crippen LogP contribution is 2.40. The van der Waals surface area contributed by atoms with Crippen LogP contribution in [0.3, 0.4) is 0 Å². The van der Waals surface area contributed by atoms with Crippen molar-refractivity contribution in [1.29, 1.82) is 0 Å². The molecule has 3 atom stereocenters. The first kappa shape index (κ1) is 13.0. The average Bonchev–Trinajstić information content (AvgIpc) is 2.87. The van der Waals surface area contributed by atoms with Gasteiger partial charge in [-0.1, -0.05) is 12.8 Å². The summed E-state index contributed by atoms with van der Waals surface area (Å²) in [6.07, 6.45) is 8.93. The highest BCUT2D eigenvalue weighted by Gasteiger charge is 2.47. The molecule has 1 aromatic heterocycles. The molecule has 106 valence electrons. The summed E-state index contributed by atoms with van der Waals surface area (Å²) in [6, 6.07) is -0.659. The van der Waals surface area contributed by atoms with Gasteiger partial charge in [-0.15, -0.1) is 0 Å². The maximum Gasteiger partial charge on any atom is 0.326 e. The fourth-order valence-corrected chi connectivity index (χ4v) is 3.53. The maximum atomic E-state index is 12.6. The van der Waals surface area contributed by atoms with Gasteiger partial charge in [0.15, 0.2) is 0 Å². The first-order valence-electron chi connectivity index (χ1n) is 6.99. The molecule has 2 aliphatic rings. The van der Waals surface area contributed by atoms with Gasteiger partial charge >= 0.3 is 5.97 Å². The van der Waals surface area contributed by atoms with Gasteiger partial charge in [0.1, 0.15) is 12.4 Å². The Morgan fingerprint density at radius 2 is 1.90 bits per heavy atom. The summed E-state index contributed by atoms with van der Waals surface area (Å²) in [5, 5.41) is 9.40. The Labute approximate surface area is 116 Å². The second-order valence-electron chi connectivity index (χ2n) is 5.54. The Morgan fingerprint density at radius 1 is 1.20 bits per heavy atom. The fourth-order valence-electron chi connectivity index (χ4n) is 3.53. The Bertz CT molecular complexity index is 520. The molecule has 1 aliphatic carbocycles. The van der Waals surface area contributed by atoms with Crippen molar-refractivity contribution >= 4 is 11.9 Å². The molecule has 0 spiro atoms. The second-order valence-corrected chi connectivity index (χ2v) is 5.54. The molecule has 1 N–H and O–H groups in total. The maximum absolute atomic E-state index is 12.6. The zero-order valence-corrected chi connectivity index (χ0v) is 11.1. The molecule has 6 nitrogen and oxygen atoms in total. The van der Waals surface area contributed by atoms with Gasteiger partial charge in [0.05, 0.1) is 5.56 Å². The van der Waals surface area contributed by atoms with Crippen molar-refractivity contribution in [3.8, 4) is 0 Å². The fraction of sp³-hybridized carbons (Fsp3) is 0.571. The Kier molecular flexibility index (Phi) is 3.38. The normalized spacial score (nSPS) is 29.0. The minimum absolute atomic E-state index is 0.0533. The number of rotatable bonds is 2. The molecule has 3 rings (SSSR count). The lowest BCUT2D eigenvalue weighted by molar-refractivity contribution is -0.141. The quantitative estimate of drug-likeness (QED) is 0.880. The largest absolute Gasteiger partial charge is 0.480 e. The highest BCUT2D eigenvalue weighted by atomic mass is 16.4. The van der Waals surface area contributed by atoms with Gasteiger partial charge < -0.3 is 10.0 Å². The van der Waals surface area contributed by atoms with Gasteiger partial charge in [0.25, 0.3) is 5.91 Å². The van der Waals surface area contributed by atoms with Gasteiger partial charge in [-0.25, -0.2) is 14.8 Å². The molecule has 1 saturated heterocycles. The number of carboxylic acids is 1. The standard InChI is InChI=1S/C14H17N3O3/c18-13(10-6-15-8-16-7-10)17-11-4-2-1-3-9(11)5-12(17)14(19)20/h6-9,11-12H,1-5H2,(H,19,20). The highest BCUT2D eigenvalue weighted by molar-refractivity contribution is 5.96. The van der Waals surface area contributed by atoms with Gasteiger partial charge in [-0.2, -0.15) is 0 Å². The van der Waals surface area contributed by atoms with E-state index in [1.165, 1.54) is 18.7 Å². The van der Waals surface area contributed by atoms with E-state index in [0.717, 1.165) is 25.7 Å². The third kappa shape index (κ3) is 2.15. The monoisotopic (exact) mass is 275 g/mol. The summed E-state index contributed by atoms with van der Waals surface area (Å²) in [4.78, 5) is 33.3. The molecular formula is C14H17N3O3. The average molecular weight is 275 g/mol. The number of fused-ring (bicyclic) bond motifs is 1. The third-order valence-corrected chi connectivity index (χ3v) is 4.42. The van der Waals surface area contributed by atoms with Crippen molar-refractivity contribution in [2.24, 2.45) is 5.92 Å². The second kappa shape index (κ2) is 5.19. The van der Waals surface area contributed by atoms with Gasteiger partial charge in [-0.3, -0.25) is 4.79 Å². The number of carboxylic acid groups (broad SMARTS) is 1. The number of nitrogens with zero attached hydrogens (tertiary/aromatic N) is 3. The molecule has 1 saturated carbocycles. The van der Waals surface area contributed by atoms with Crippen LogP contribution < -0.4 is 0 Å². The topological polar surface area (TPSA) is 83.4 Å². The van der Waals surface area contributed by atoms with Crippen molar-refractivity contribution in [3.63, 3.8) is 0 Å². The molecule has 2 heterocycles. The van der Waals surface area contributed by atoms with Crippen LogP contribution in [0.25, 0.3) is 0 Å². The molecule has 2 fully saturated rings. The van der Waals surface area contributed by atoms with Gasteiger partial charge in [0, 0.05) is 18.4 Å². The zero-order valence-electron chi connectivity index (χ0n) is 11.1. The van der Waals surface area contributed by atoms with Crippen LogP contribution in [0.4, 0.5) is 0 Å². The van der Waals surface area contributed by atoms with Crippen LogP contribution in [0, 0.1) is 5.92 Å². The van der Waals surface area contributed by atoms with Crippen LogP contribution in [-0.2, 0) is 4.79 Å². The Hall–Kier alpha value is -1.98. The lowest BCUT2D eigenvalue weighted by atomic mass is 9.84. The molecule has 0 radical (unpaired) electrons. The number of aromatic nitrogens is 2. The first-order valence-corrected chi connectivity index (χ1v) is 6.99. The molecule has 20 heavy (non-hydrogen) atoms. The Morgan fingerprint density at radius 3 is 2.60 bits per heavy atom. The predicted molar refractivity (Wildman–Crippen MR) is 70.0 cm³/mol. The minimum atomic E-state index is -0.912. The predicted octanol–water partition coefficient (Wildman–Crippen LogP) is 1.33. The number of hydrogen-bond acceptors (Lipinski definition) is 4. The van der Waals surface area contributed by atoms with Crippen molar-refractivity contribution in [3.05, 3.63) is 24.3 Å². The van der Waals surface area contributed by atoms with Crippen LogP contribution in [0.1, 0.15) is 42.5 Å². The zero-order chi connectivity index (χ0) is 14.1. The van der Waals surface area contributed by atoms with Crippen LogP contribution >= 0.6 is 0 Å². The lowest BCUT2D eigenvalue weighted by Gasteiger charge is -2.32. The molecule has 0 bridgehead atoms. The summed E-state index contributed by atoms with van der Waals surface area (Å²) < 4.78 is 0. The van der Waals surface area contributed by atoms with E-state index in [4.69, 9.17) is 0 Å². The molecule has 1 aromatic rings. The molecule has 3 unspecified atom stereocenters. The van der Waals surface area contributed by atoms with Gasteiger partial charge in [-0.05, 0) is 25.2 Å². The van der Waals surface area contributed by atoms with E-state index in [-0.39, 0.29) is 11.9 Å². The van der Waals surface area contributed by atoms with E-state index in [9.17, 15) is 14.7 Å². The number of aliphatic carboxylic acids is 1. The molecule has 1 aliphatic heterocycles. The minimum Gasteiger partial charge on any atom is -0.480 e. The molecule has 1 amide bonds. The smallest absolute Gasteiger partial charge is 0.326 e. The van der Waals surface area contributed by atoms with Crippen LogP contribution in [0.5, 0.6) is 0 Å². The van der Waals surface area contributed by atoms with Crippen molar-refractivity contribution in [2.75, 3.05) is 0 Å². The summed E-state index contributed by atoms with van der Waals surface area (Å²) in [5.41, 5.74) is 0.366. The summed E-state index contributed by atoms with van der Waals surface area (Å²) in [7, 11) is 0. The SMILES string of the molecule is O=C(O)C1CC2CCCCC2N1C(=O)c1cncnc1.